The molecule has 102 valence electrons. The van der Waals surface area contributed by atoms with Crippen molar-refractivity contribution in [3.8, 4) is 0 Å². The van der Waals surface area contributed by atoms with Crippen molar-refractivity contribution in [3.05, 3.63) is 48.0 Å². The van der Waals surface area contributed by atoms with Gasteiger partial charge in [-0.05, 0) is 43.5 Å². The van der Waals surface area contributed by atoms with Gasteiger partial charge in [-0.25, -0.2) is 8.42 Å². The Labute approximate surface area is 115 Å². The Hall–Kier alpha value is -1.35. The van der Waals surface area contributed by atoms with E-state index in [0.717, 1.165) is 10.9 Å². The quantitative estimate of drug-likeness (QED) is 0.858. The van der Waals surface area contributed by atoms with E-state index in [2.05, 4.69) is 18.2 Å². The highest BCUT2D eigenvalue weighted by atomic mass is 32.2. The number of hydrogen-bond donors (Lipinski definition) is 0. The summed E-state index contributed by atoms with van der Waals surface area (Å²) in [6.07, 6.45) is 0.574. The number of hydrogen-bond acceptors (Lipinski definition) is 2. The van der Waals surface area contributed by atoms with Crippen molar-refractivity contribution in [3.63, 3.8) is 0 Å². The van der Waals surface area contributed by atoms with Gasteiger partial charge in [-0.2, -0.15) is 0 Å². The molecule has 0 aromatic heterocycles. The van der Waals surface area contributed by atoms with Gasteiger partial charge in [0.05, 0.1) is 10.5 Å². The SMILES string of the molecule is CC(C)(C)S(=O)(=O)CCc1ccc2ccccc2c1. The average Bonchev–Trinajstić information content (AvgIpc) is 2.35. The molecule has 0 fully saturated rings. The van der Waals surface area contributed by atoms with Crippen LogP contribution in [0.3, 0.4) is 0 Å². The summed E-state index contributed by atoms with van der Waals surface area (Å²) in [6.45, 7) is 5.26. The first kappa shape index (κ1) is 14.1. The van der Waals surface area contributed by atoms with E-state index in [-0.39, 0.29) is 5.75 Å². The molecule has 2 aromatic carbocycles. The van der Waals surface area contributed by atoms with Gasteiger partial charge in [0.15, 0.2) is 9.84 Å². The molecule has 0 N–H and O–H groups in total. The molecule has 0 aliphatic rings. The number of aryl methyl sites for hydroxylation is 1. The largest absolute Gasteiger partial charge is 0.228 e. The molecular formula is C16H20O2S. The Kier molecular flexibility index (Phi) is 3.68. The highest BCUT2D eigenvalue weighted by molar-refractivity contribution is 7.92. The Morgan fingerprint density at radius 1 is 0.947 bits per heavy atom. The maximum absolute atomic E-state index is 12.1. The van der Waals surface area contributed by atoms with E-state index in [1.165, 1.54) is 5.39 Å². The molecule has 0 bridgehead atoms. The second-order valence-corrected chi connectivity index (χ2v) is 8.73. The highest BCUT2D eigenvalue weighted by Gasteiger charge is 2.28. The van der Waals surface area contributed by atoms with Gasteiger partial charge in [0, 0.05) is 0 Å². The lowest BCUT2D eigenvalue weighted by Crippen LogP contribution is -2.31. The van der Waals surface area contributed by atoms with Crippen LogP contribution < -0.4 is 0 Å². The third-order valence-corrected chi connectivity index (χ3v) is 6.01. The summed E-state index contributed by atoms with van der Waals surface area (Å²) in [5.74, 6) is 0.203. The monoisotopic (exact) mass is 276 g/mol. The van der Waals surface area contributed by atoms with Crippen molar-refractivity contribution < 1.29 is 8.42 Å². The highest BCUT2D eigenvalue weighted by Crippen LogP contribution is 2.19. The van der Waals surface area contributed by atoms with Crippen molar-refractivity contribution in [1.29, 1.82) is 0 Å². The van der Waals surface area contributed by atoms with Crippen LogP contribution in [0.15, 0.2) is 42.5 Å². The standard InChI is InChI=1S/C16H20O2S/c1-16(2,3)19(17,18)11-10-13-8-9-14-6-4-5-7-15(14)12-13/h4-9,12H,10-11H2,1-3H3. The summed E-state index contributed by atoms with van der Waals surface area (Å²) in [7, 11) is -3.05. The van der Waals surface area contributed by atoms with E-state index in [0.29, 0.717) is 6.42 Å². The fourth-order valence-electron chi connectivity index (χ4n) is 1.95. The third-order valence-electron chi connectivity index (χ3n) is 3.41. The van der Waals surface area contributed by atoms with Crippen LogP contribution in [0.1, 0.15) is 26.3 Å². The van der Waals surface area contributed by atoms with Crippen LogP contribution in [0.2, 0.25) is 0 Å². The predicted octanol–water partition coefficient (Wildman–Crippen LogP) is 3.60. The van der Waals surface area contributed by atoms with Gasteiger partial charge in [-0.15, -0.1) is 0 Å². The minimum atomic E-state index is -3.05. The molecule has 0 radical (unpaired) electrons. The van der Waals surface area contributed by atoms with Crippen LogP contribution in [0, 0.1) is 0 Å². The molecule has 0 heterocycles. The minimum Gasteiger partial charge on any atom is -0.228 e. The maximum atomic E-state index is 12.1. The summed E-state index contributed by atoms with van der Waals surface area (Å²) in [4.78, 5) is 0. The van der Waals surface area contributed by atoms with Crippen molar-refractivity contribution in [1.82, 2.24) is 0 Å². The zero-order valence-electron chi connectivity index (χ0n) is 11.7. The summed E-state index contributed by atoms with van der Waals surface area (Å²) < 4.78 is 23.5. The Bertz CT molecular complexity index is 679. The summed E-state index contributed by atoms with van der Waals surface area (Å²) in [6, 6.07) is 14.3. The lowest BCUT2D eigenvalue weighted by atomic mass is 10.1. The molecule has 0 unspecified atom stereocenters. The van der Waals surface area contributed by atoms with E-state index in [1.54, 1.807) is 20.8 Å². The lowest BCUT2D eigenvalue weighted by Gasteiger charge is -2.19. The van der Waals surface area contributed by atoms with Gasteiger partial charge in [0.25, 0.3) is 0 Å². The van der Waals surface area contributed by atoms with Gasteiger partial charge < -0.3 is 0 Å². The molecule has 2 nitrogen and oxygen atoms in total. The Balaban J connectivity index is 2.19. The summed E-state index contributed by atoms with van der Waals surface area (Å²) in [5.41, 5.74) is 1.08. The van der Waals surface area contributed by atoms with E-state index in [9.17, 15) is 8.42 Å². The van der Waals surface area contributed by atoms with Crippen LogP contribution >= 0.6 is 0 Å². The fraction of sp³-hybridized carbons (Fsp3) is 0.375. The van der Waals surface area contributed by atoms with Gasteiger partial charge >= 0.3 is 0 Å². The molecule has 19 heavy (non-hydrogen) atoms. The van der Waals surface area contributed by atoms with Crippen LogP contribution in [0.5, 0.6) is 0 Å². The van der Waals surface area contributed by atoms with E-state index in [4.69, 9.17) is 0 Å². The normalized spacial score (nSPS) is 12.8. The molecule has 0 saturated heterocycles. The summed E-state index contributed by atoms with van der Waals surface area (Å²) in [5, 5.41) is 2.35. The molecule has 0 aliphatic heterocycles. The van der Waals surface area contributed by atoms with Crippen molar-refractivity contribution in [2.75, 3.05) is 5.75 Å². The van der Waals surface area contributed by atoms with Crippen molar-refractivity contribution in [2.24, 2.45) is 0 Å². The molecule has 2 aromatic rings. The minimum absolute atomic E-state index is 0.203. The molecule has 0 aliphatic carbocycles. The zero-order valence-corrected chi connectivity index (χ0v) is 12.5. The molecule has 0 atom stereocenters. The van der Waals surface area contributed by atoms with Gasteiger partial charge in [0.1, 0.15) is 0 Å². The van der Waals surface area contributed by atoms with Gasteiger partial charge in [-0.3, -0.25) is 0 Å². The molecular weight excluding hydrogens is 256 g/mol. The fourth-order valence-corrected chi connectivity index (χ4v) is 3.07. The number of fused-ring (bicyclic) bond motifs is 1. The molecule has 0 spiro atoms. The van der Waals surface area contributed by atoms with E-state index in [1.807, 2.05) is 24.3 Å². The topological polar surface area (TPSA) is 34.1 Å². The summed E-state index contributed by atoms with van der Waals surface area (Å²) >= 11 is 0. The van der Waals surface area contributed by atoms with Crippen LogP contribution in [-0.4, -0.2) is 18.9 Å². The second kappa shape index (κ2) is 4.97. The zero-order chi connectivity index (χ0) is 14.1. The van der Waals surface area contributed by atoms with Crippen LogP contribution in [0.4, 0.5) is 0 Å². The lowest BCUT2D eigenvalue weighted by molar-refractivity contribution is 0.559. The number of sulfone groups is 1. The molecule has 0 saturated carbocycles. The number of rotatable bonds is 3. The maximum Gasteiger partial charge on any atom is 0.155 e. The first-order valence-electron chi connectivity index (χ1n) is 6.50. The smallest absolute Gasteiger partial charge is 0.155 e. The predicted molar refractivity (Wildman–Crippen MR) is 81.2 cm³/mol. The van der Waals surface area contributed by atoms with Gasteiger partial charge in [-0.1, -0.05) is 42.5 Å². The number of benzene rings is 2. The third kappa shape index (κ3) is 3.16. The first-order valence-corrected chi connectivity index (χ1v) is 8.15. The molecule has 0 amide bonds. The van der Waals surface area contributed by atoms with Crippen molar-refractivity contribution >= 4 is 20.6 Å². The first-order chi connectivity index (χ1) is 8.79. The second-order valence-electron chi connectivity index (χ2n) is 5.86. The average molecular weight is 276 g/mol. The molecule has 3 heteroatoms. The van der Waals surface area contributed by atoms with Gasteiger partial charge in [0.2, 0.25) is 0 Å². The van der Waals surface area contributed by atoms with E-state index < -0.39 is 14.6 Å². The van der Waals surface area contributed by atoms with E-state index >= 15 is 0 Å². The van der Waals surface area contributed by atoms with Crippen LogP contribution in [0.25, 0.3) is 10.8 Å². The molecule has 2 rings (SSSR count). The Morgan fingerprint density at radius 3 is 2.21 bits per heavy atom. The Morgan fingerprint density at radius 2 is 1.58 bits per heavy atom. The van der Waals surface area contributed by atoms with Crippen LogP contribution in [-0.2, 0) is 16.3 Å². The van der Waals surface area contributed by atoms with Crippen molar-refractivity contribution in [2.45, 2.75) is 31.9 Å².